The first-order valence-electron chi connectivity index (χ1n) is 13.6. The Labute approximate surface area is 228 Å². The highest BCUT2D eigenvalue weighted by Crippen LogP contribution is 2.34. The summed E-state index contributed by atoms with van der Waals surface area (Å²) in [6.07, 6.45) is 2.94. The van der Waals surface area contributed by atoms with Gasteiger partial charge in [-0.3, -0.25) is 9.36 Å². The van der Waals surface area contributed by atoms with Gasteiger partial charge in [-0.25, -0.2) is 14.4 Å². The second-order valence-corrected chi connectivity index (χ2v) is 11.1. The summed E-state index contributed by atoms with van der Waals surface area (Å²) in [5.74, 6) is 1.14. The minimum absolute atomic E-state index is 0.147. The molecule has 39 heavy (non-hydrogen) atoms. The highest BCUT2D eigenvalue weighted by atomic mass is 19.1. The van der Waals surface area contributed by atoms with E-state index in [2.05, 4.69) is 20.5 Å². The van der Waals surface area contributed by atoms with E-state index in [1.54, 1.807) is 0 Å². The van der Waals surface area contributed by atoms with Crippen molar-refractivity contribution in [2.24, 2.45) is 5.41 Å². The average molecular weight is 533 g/mol. The highest BCUT2D eigenvalue weighted by Gasteiger charge is 2.33. The number of rotatable bonds is 8. The Balaban J connectivity index is 1.38. The maximum Gasteiger partial charge on any atom is 0.256 e. The molecule has 1 aliphatic rings. The second-order valence-electron chi connectivity index (χ2n) is 11.1. The van der Waals surface area contributed by atoms with Crippen LogP contribution < -0.4 is 15.4 Å². The molecule has 5 rings (SSSR count). The predicted octanol–water partition coefficient (Wildman–Crippen LogP) is 4.81. The van der Waals surface area contributed by atoms with Gasteiger partial charge in [-0.2, -0.15) is 0 Å². The van der Waals surface area contributed by atoms with E-state index in [1.165, 1.54) is 29.0 Å². The molecule has 2 aromatic heterocycles. The van der Waals surface area contributed by atoms with Gasteiger partial charge in [0.05, 0.1) is 17.6 Å². The molecule has 1 aliphatic heterocycles. The van der Waals surface area contributed by atoms with Gasteiger partial charge in [-0.15, -0.1) is 0 Å². The van der Waals surface area contributed by atoms with Crippen molar-refractivity contribution in [3.63, 3.8) is 0 Å². The molecule has 2 aromatic carbocycles. The number of aromatic nitrogens is 4. The number of nitrogens with zero attached hydrogens (tertiary/aromatic N) is 6. The fraction of sp³-hybridized carbons (Fsp3) is 0.433. The quantitative estimate of drug-likeness (QED) is 0.351. The number of imidazole rings is 1. The third-order valence-corrected chi connectivity index (χ3v) is 8.21. The molecule has 1 fully saturated rings. The Morgan fingerprint density at radius 2 is 1.79 bits per heavy atom. The van der Waals surface area contributed by atoms with E-state index in [1.807, 2.05) is 63.1 Å². The summed E-state index contributed by atoms with van der Waals surface area (Å²) >= 11 is 0. The highest BCUT2D eigenvalue weighted by molar-refractivity contribution is 5.79. The van der Waals surface area contributed by atoms with E-state index < -0.39 is 11.6 Å². The lowest BCUT2D eigenvalue weighted by Gasteiger charge is -2.39. The van der Waals surface area contributed by atoms with Crippen LogP contribution in [0, 0.1) is 11.2 Å². The van der Waals surface area contributed by atoms with E-state index in [9.17, 15) is 14.3 Å². The first-order valence-corrected chi connectivity index (χ1v) is 13.6. The lowest BCUT2D eigenvalue weighted by Crippen LogP contribution is -2.47. The molecule has 0 spiro atoms. The standard InChI is InChI=1S/C30H37FN6O2/c1-5-30(2,3)27(39)37-26(38)14-17-32-28(37)34(4)23-15-18-35(19-16-23)29-33-24-8-6-7-9-25(24)36(29)20-21-10-12-22(31)13-11-21/h6-14,17,23,27,39H,5,15-16,18-20H2,1-4H3. The van der Waals surface area contributed by atoms with Crippen molar-refractivity contribution in [1.29, 1.82) is 0 Å². The van der Waals surface area contributed by atoms with Crippen LogP contribution in [0.1, 0.15) is 51.8 Å². The lowest BCUT2D eigenvalue weighted by molar-refractivity contribution is -0.0158. The van der Waals surface area contributed by atoms with Crippen molar-refractivity contribution >= 4 is 22.9 Å². The topological polar surface area (TPSA) is 79.4 Å². The van der Waals surface area contributed by atoms with Crippen molar-refractivity contribution in [1.82, 2.24) is 19.1 Å². The van der Waals surface area contributed by atoms with Crippen molar-refractivity contribution in [2.75, 3.05) is 29.9 Å². The van der Waals surface area contributed by atoms with Crippen LogP contribution in [0.5, 0.6) is 0 Å². The number of benzene rings is 2. The second kappa shape index (κ2) is 10.8. The minimum Gasteiger partial charge on any atom is -0.372 e. The average Bonchev–Trinajstić information content (AvgIpc) is 3.31. The summed E-state index contributed by atoms with van der Waals surface area (Å²) in [4.78, 5) is 26.7. The number of anilines is 2. The van der Waals surface area contributed by atoms with E-state index >= 15 is 0 Å². The maximum atomic E-state index is 13.5. The SMILES string of the molecule is CCC(C)(C)C(O)n1c(N(C)C2CCN(c3nc4ccccc4n3Cc3ccc(F)cc3)CC2)nccc1=O. The third kappa shape index (κ3) is 5.28. The number of hydrogen-bond donors (Lipinski definition) is 1. The number of fused-ring (bicyclic) bond motifs is 1. The van der Waals surface area contributed by atoms with Crippen LogP contribution in [0.2, 0.25) is 0 Å². The van der Waals surface area contributed by atoms with E-state index in [4.69, 9.17) is 4.98 Å². The molecule has 1 atom stereocenters. The van der Waals surface area contributed by atoms with Crippen molar-refractivity contribution in [2.45, 2.75) is 58.8 Å². The van der Waals surface area contributed by atoms with E-state index in [0.717, 1.165) is 54.9 Å². The Hall–Kier alpha value is -3.72. The van der Waals surface area contributed by atoms with Gasteiger partial charge in [0.1, 0.15) is 12.0 Å². The van der Waals surface area contributed by atoms with Crippen LogP contribution in [0.15, 0.2) is 65.6 Å². The van der Waals surface area contributed by atoms with Gasteiger partial charge >= 0.3 is 0 Å². The van der Waals surface area contributed by atoms with Gasteiger partial charge in [0.15, 0.2) is 0 Å². The Bertz CT molecular complexity index is 1490. The van der Waals surface area contributed by atoms with Crippen molar-refractivity contribution in [3.8, 4) is 0 Å². The van der Waals surface area contributed by atoms with Gasteiger partial charge in [0.25, 0.3) is 5.56 Å². The number of para-hydroxylation sites is 2. The number of aliphatic hydroxyl groups excluding tert-OH is 1. The number of halogens is 1. The molecule has 0 radical (unpaired) electrons. The molecule has 1 N–H and O–H groups in total. The predicted molar refractivity (Wildman–Crippen MR) is 153 cm³/mol. The molecule has 1 unspecified atom stereocenters. The summed E-state index contributed by atoms with van der Waals surface area (Å²) in [5.41, 5.74) is 2.25. The fourth-order valence-corrected chi connectivity index (χ4v) is 5.28. The fourth-order valence-electron chi connectivity index (χ4n) is 5.28. The van der Waals surface area contributed by atoms with E-state index in [0.29, 0.717) is 12.5 Å². The van der Waals surface area contributed by atoms with Crippen LogP contribution in [0.25, 0.3) is 11.0 Å². The summed E-state index contributed by atoms with van der Waals surface area (Å²) < 4.78 is 17.1. The summed E-state index contributed by atoms with van der Waals surface area (Å²) in [6, 6.07) is 16.2. The molecule has 4 aromatic rings. The molecule has 1 saturated heterocycles. The van der Waals surface area contributed by atoms with Gasteiger partial charge in [0.2, 0.25) is 11.9 Å². The maximum absolute atomic E-state index is 13.5. The van der Waals surface area contributed by atoms with Crippen LogP contribution >= 0.6 is 0 Å². The van der Waals surface area contributed by atoms with Crippen molar-refractivity contribution in [3.05, 3.63) is 82.5 Å². The molecule has 0 saturated carbocycles. The van der Waals surface area contributed by atoms with Crippen LogP contribution in [-0.2, 0) is 6.54 Å². The number of hydrogen-bond acceptors (Lipinski definition) is 6. The summed E-state index contributed by atoms with van der Waals surface area (Å²) in [6.45, 7) is 8.08. The molecule has 0 amide bonds. The van der Waals surface area contributed by atoms with Crippen LogP contribution in [0.3, 0.4) is 0 Å². The van der Waals surface area contributed by atoms with Gasteiger partial charge in [0, 0.05) is 43.9 Å². The Kier molecular flexibility index (Phi) is 7.44. The minimum atomic E-state index is -0.979. The molecule has 9 heteroatoms. The normalized spacial score (nSPS) is 15.6. The summed E-state index contributed by atoms with van der Waals surface area (Å²) in [5, 5.41) is 11.1. The van der Waals surface area contributed by atoms with Crippen LogP contribution in [-0.4, -0.2) is 50.4 Å². The largest absolute Gasteiger partial charge is 0.372 e. The Morgan fingerprint density at radius 1 is 1.10 bits per heavy atom. The molecular weight excluding hydrogens is 495 g/mol. The zero-order valence-corrected chi connectivity index (χ0v) is 23.1. The molecular formula is C30H37FN6O2. The van der Waals surface area contributed by atoms with Gasteiger partial charge in [-0.1, -0.05) is 45.0 Å². The lowest BCUT2D eigenvalue weighted by atomic mass is 9.88. The molecule has 3 heterocycles. The zero-order valence-electron chi connectivity index (χ0n) is 23.1. The monoisotopic (exact) mass is 532 g/mol. The van der Waals surface area contributed by atoms with Gasteiger partial charge in [-0.05, 0) is 49.1 Å². The smallest absolute Gasteiger partial charge is 0.256 e. The third-order valence-electron chi connectivity index (χ3n) is 8.21. The van der Waals surface area contributed by atoms with Crippen molar-refractivity contribution < 1.29 is 9.50 Å². The molecule has 0 bridgehead atoms. The van der Waals surface area contributed by atoms with Crippen LogP contribution in [0.4, 0.5) is 16.3 Å². The number of piperidine rings is 1. The first-order chi connectivity index (χ1) is 18.7. The Morgan fingerprint density at radius 3 is 2.49 bits per heavy atom. The summed E-state index contributed by atoms with van der Waals surface area (Å²) in [7, 11) is 1.95. The first kappa shape index (κ1) is 26.9. The van der Waals surface area contributed by atoms with E-state index in [-0.39, 0.29) is 17.4 Å². The molecule has 8 nitrogen and oxygen atoms in total. The zero-order chi connectivity index (χ0) is 27.7. The number of aliphatic hydroxyl groups is 1. The molecule has 0 aliphatic carbocycles. The molecule has 206 valence electrons. The van der Waals surface area contributed by atoms with Gasteiger partial charge < -0.3 is 19.5 Å².